The number of benzene rings is 2. The Kier molecular flexibility index (Phi) is 7.11. The molecule has 3 unspecified atom stereocenters. The van der Waals surface area contributed by atoms with E-state index in [1.54, 1.807) is 19.2 Å². The summed E-state index contributed by atoms with van der Waals surface area (Å²) < 4.78 is 5.27. The second kappa shape index (κ2) is 10.2. The van der Waals surface area contributed by atoms with Crippen molar-refractivity contribution in [2.24, 2.45) is 5.92 Å². The minimum atomic E-state index is -0.266. The normalized spacial score (nSPS) is 23.5. The van der Waals surface area contributed by atoms with Crippen molar-refractivity contribution in [3.63, 3.8) is 0 Å². The van der Waals surface area contributed by atoms with Gasteiger partial charge in [-0.05, 0) is 24.1 Å². The summed E-state index contributed by atoms with van der Waals surface area (Å²) in [5, 5.41) is 9.40. The third-order valence-corrected chi connectivity index (χ3v) is 6.70. The van der Waals surface area contributed by atoms with Gasteiger partial charge < -0.3 is 15.4 Å². The number of piperidine rings is 1. The van der Waals surface area contributed by atoms with Crippen LogP contribution in [0.1, 0.15) is 12.0 Å². The first-order valence-corrected chi connectivity index (χ1v) is 11.5. The maximum absolute atomic E-state index is 12.7. The monoisotopic (exact) mass is 440 g/mol. The van der Waals surface area contributed by atoms with Crippen LogP contribution in [0.3, 0.4) is 0 Å². The van der Waals surface area contributed by atoms with E-state index in [0.717, 1.165) is 26.1 Å². The van der Waals surface area contributed by atoms with Gasteiger partial charge >= 0.3 is 0 Å². The first-order chi connectivity index (χ1) is 15.1. The lowest BCUT2D eigenvalue weighted by Gasteiger charge is -2.43. The van der Waals surface area contributed by atoms with Gasteiger partial charge in [0.05, 0.1) is 24.5 Å². The molecule has 2 aromatic carbocycles. The van der Waals surface area contributed by atoms with Crippen LogP contribution in [0.15, 0.2) is 54.6 Å². The number of fused-ring (bicyclic) bond motifs is 1. The smallest absolute Gasteiger partial charge is 0.234 e. The molecule has 4 rings (SSSR count). The lowest BCUT2D eigenvalue weighted by atomic mass is 9.89. The van der Waals surface area contributed by atoms with Crippen LogP contribution in [0.25, 0.3) is 0 Å². The van der Waals surface area contributed by atoms with Crippen LogP contribution in [0.2, 0.25) is 0 Å². The second-order valence-electron chi connectivity index (χ2n) is 7.84. The molecule has 2 aliphatic heterocycles. The second-order valence-corrected chi connectivity index (χ2v) is 8.93. The largest absolute Gasteiger partial charge is 0.495 e. The van der Waals surface area contributed by atoms with Crippen LogP contribution >= 0.6 is 11.8 Å². The number of nitrogens with one attached hydrogen (secondary N) is 3. The highest BCUT2D eigenvalue weighted by molar-refractivity contribution is 8.00. The molecule has 0 radical (unpaired) electrons. The predicted molar refractivity (Wildman–Crippen MR) is 123 cm³/mol. The van der Waals surface area contributed by atoms with Crippen molar-refractivity contribution in [2.75, 3.05) is 31.3 Å². The molecule has 8 heteroatoms. The zero-order chi connectivity index (χ0) is 21.6. The molecule has 0 aromatic heterocycles. The van der Waals surface area contributed by atoms with Crippen LogP contribution in [0.5, 0.6) is 5.75 Å². The summed E-state index contributed by atoms with van der Waals surface area (Å²) in [6, 6.07) is 17.8. The Bertz CT molecular complexity index is 911. The van der Waals surface area contributed by atoms with Crippen molar-refractivity contribution < 1.29 is 14.3 Å². The molecule has 2 fully saturated rings. The average Bonchev–Trinajstić information content (AvgIpc) is 2.79. The maximum atomic E-state index is 12.7. The summed E-state index contributed by atoms with van der Waals surface area (Å²) in [6.07, 6.45) is 0.912. The number of thioether (sulfide) groups is 1. The summed E-state index contributed by atoms with van der Waals surface area (Å²) >= 11 is 1.39. The van der Waals surface area contributed by atoms with E-state index in [2.05, 4.69) is 33.0 Å². The molecule has 31 heavy (non-hydrogen) atoms. The van der Waals surface area contributed by atoms with Gasteiger partial charge in [0.1, 0.15) is 11.2 Å². The molecule has 3 N–H and O–H groups in total. The van der Waals surface area contributed by atoms with Crippen molar-refractivity contribution in [3.05, 3.63) is 60.2 Å². The van der Waals surface area contributed by atoms with E-state index in [4.69, 9.17) is 4.74 Å². The number of carbonyl (C=O) groups excluding carboxylic acids is 2. The highest BCUT2D eigenvalue weighted by atomic mass is 32.2. The van der Waals surface area contributed by atoms with Crippen LogP contribution in [0.4, 0.5) is 5.69 Å². The molecule has 0 spiro atoms. The lowest BCUT2D eigenvalue weighted by molar-refractivity contribution is -0.130. The molecule has 2 heterocycles. The Morgan fingerprint density at radius 2 is 1.97 bits per heavy atom. The molecule has 0 saturated carbocycles. The van der Waals surface area contributed by atoms with Gasteiger partial charge in [-0.2, -0.15) is 0 Å². The van der Waals surface area contributed by atoms with Gasteiger partial charge in [0.25, 0.3) is 0 Å². The predicted octanol–water partition coefficient (Wildman–Crippen LogP) is 2.26. The van der Waals surface area contributed by atoms with Gasteiger partial charge in [-0.15, -0.1) is 11.8 Å². The number of rotatable bonds is 7. The molecular weight excluding hydrogens is 412 g/mol. The first-order valence-electron chi connectivity index (χ1n) is 10.5. The molecule has 0 bridgehead atoms. The summed E-state index contributed by atoms with van der Waals surface area (Å²) in [7, 11) is 1.57. The number of amides is 2. The van der Waals surface area contributed by atoms with Crippen molar-refractivity contribution in [2.45, 2.75) is 24.5 Å². The third-order valence-electron chi connectivity index (χ3n) is 5.68. The fraction of sp³-hybridized carbons (Fsp3) is 0.391. The first kappa shape index (κ1) is 21.7. The highest BCUT2D eigenvalue weighted by Crippen LogP contribution is 2.26. The minimum absolute atomic E-state index is 0.0594. The lowest BCUT2D eigenvalue weighted by Crippen LogP contribution is -2.64. The van der Waals surface area contributed by atoms with Gasteiger partial charge in [-0.3, -0.25) is 19.8 Å². The minimum Gasteiger partial charge on any atom is -0.495 e. The number of likely N-dealkylation sites (tertiary alicyclic amines) is 1. The molecule has 2 aromatic rings. The Morgan fingerprint density at radius 3 is 2.77 bits per heavy atom. The number of hydrogen-bond donors (Lipinski definition) is 3. The van der Waals surface area contributed by atoms with E-state index in [1.807, 2.05) is 30.3 Å². The van der Waals surface area contributed by atoms with E-state index in [1.165, 1.54) is 17.3 Å². The topological polar surface area (TPSA) is 82.7 Å². The summed E-state index contributed by atoms with van der Waals surface area (Å²) in [5.41, 5.74) is 1.64. The molecule has 164 valence electrons. The molecule has 2 aliphatic rings. The van der Waals surface area contributed by atoms with Crippen molar-refractivity contribution >= 4 is 29.3 Å². The molecular formula is C23H28N4O3S. The molecule has 2 amide bonds. The number of carbonyl (C=O) groups is 2. The fourth-order valence-electron chi connectivity index (χ4n) is 4.13. The van der Waals surface area contributed by atoms with E-state index in [-0.39, 0.29) is 35.0 Å². The number of anilines is 1. The van der Waals surface area contributed by atoms with Gasteiger partial charge in [0.2, 0.25) is 11.8 Å². The number of ether oxygens (including phenoxy) is 1. The maximum Gasteiger partial charge on any atom is 0.234 e. The standard InChI is InChI=1S/C23H28N4O3S/c1-30-20-10-6-5-9-19(20)24-21(28)15-31-23-25-18-11-12-27(14-17(18)22(29)26-23)13-16-7-3-2-4-8-16/h2-10,17-18,23,25H,11-15H2,1H3,(H,24,28)(H,26,29). The zero-order valence-corrected chi connectivity index (χ0v) is 18.4. The van der Waals surface area contributed by atoms with Crippen LogP contribution < -0.4 is 20.7 Å². The van der Waals surface area contributed by atoms with Crippen molar-refractivity contribution in [3.8, 4) is 5.75 Å². The van der Waals surface area contributed by atoms with E-state index < -0.39 is 0 Å². The quantitative estimate of drug-likeness (QED) is 0.613. The number of nitrogens with zero attached hydrogens (tertiary/aromatic N) is 1. The molecule has 7 nitrogen and oxygen atoms in total. The van der Waals surface area contributed by atoms with Crippen LogP contribution in [0, 0.1) is 5.92 Å². The Balaban J connectivity index is 1.26. The summed E-state index contributed by atoms with van der Waals surface area (Å²) in [6.45, 7) is 2.55. The SMILES string of the molecule is COc1ccccc1NC(=O)CSC1NC(=O)C2CN(Cc3ccccc3)CCC2N1. The zero-order valence-electron chi connectivity index (χ0n) is 17.5. The average molecular weight is 441 g/mol. The molecule has 3 atom stereocenters. The highest BCUT2D eigenvalue weighted by Gasteiger charge is 2.39. The molecule has 0 aliphatic carbocycles. The third kappa shape index (κ3) is 5.58. The Morgan fingerprint density at radius 1 is 1.19 bits per heavy atom. The number of hydrogen-bond acceptors (Lipinski definition) is 6. The van der Waals surface area contributed by atoms with Gasteiger partial charge in [0.15, 0.2) is 0 Å². The van der Waals surface area contributed by atoms with E-state index in [9.17, 15) is 9.59 Å². The van der Waals surface area contributed by atoms with Crippen molar-refractivity contribution in [1.82, 2.24) is 15.5 Å². The van der Waals surface area contributed by atoms with Gasteiger partial charge in [-0.25, -0.2) is 0 Å². The fourth-order valence-corrected chi connectivity index (χ4v) is 4.99. The van der Waals surface area contributed by atoms with E-state index in [0.29, 0.717) is 11.4 Å². The summed E-state index contributed by atoms with van der Waals surface area (Å²) in [5.74, 6) is 0.703. The molecule has 2 saturated heterocycles. The number of para-hydroxylation sites is 2. The van der Waals surface area contributed by atoms with Crippen LogP contribution in [-0.4, -0.2) is 54.2 Å². The van der Waals surface area contributed by atoms with Gasteiger partial charge in [0, 0.05) is 25.7 Å². The Hall–Kier alpha value is -2.55. The Labute approximate surface area is 186 Å². The summed E-state index contributed by atoms with van der Waals surface area (Å²) in [4.78, 5) is 27.5. The van der Waals surface area contributed by atoms with E-state index >= 15 is 0 Å². The van der Waals surface area contributed by atoms with Crippen molar-refractivity contribution in [1.29, 1.82) is 0 Å². The van der Waals surface area contributed by atoms with Crippen LogP contribution in [-0.2, 0) is 16.1 Å². The number of methoxy groups -OCH3 is 1. The van der Waals surface area contributed by atoms with Gasteiger partial charge in [-0.1, -0.05) is 42.5 Å².